The lowest BCUT2D eigenvalue weighted by molar-refractivity contribution is -0.119. The number of aromatic nitrogens is 2. The van der Waals surface area contributed by atoms with E-state index >= 15 is 0 Å². The maximum atomic E-state index is 11.4. The molecule has 1 saturated heterocycles. The molecule has 2 aliphatic heterocycles. The van der Waals surface area contributed by atoms with Crippen LogP contribution in [0, 0.1) is 5.92 Å². The molecule has 1 aromatic carbocycles. The minimum Gasteiger partial charge on any atom is -0.477 e. The zero-order valence-electron chi connectivity index (χ0n) is 14.5. The SMILES string of the molecule is O=C1C[C@@H](COc2nc(-c3ccc4c(c3)OCO4)cc3ncccc23)CN1. The van der Waals surface area contributed by atoms with Gasteiger partial charge in [0.2, 0.25) is 18.6 Å². The smallest absolute Gasteiger partial charge is 0.231 e. The molecule has 27 heavy (non-hydrogen) atoms. The molecule has 1 fully saturated rings. The molecule has 2 aliphatic rings. The van der Waals surface area contributed by atoms with E-state index in [0.29, 0.717) is 31.2 Å². The molecule has 1 N–H and O–H groups in total. The molecular formula is C20H17N3O4. The Kier molecular flexibility index (Phi) is 3.78. The summed E-state index contributed by atoms with van der Waals surface area (Å²) in [6.07, 6.45) is 2.23. The summed E-state index contributed by atoms with van der Waals surface area (Å²) in [5.41, 5.74) is 2.44. The Bertz CT molecular complexity index is 1040. The standard InChI is InChI=1S/C20H17N3O4/c24-19-6-12(9-22-19)10-25-20-14-2-1-5-21-16(14)8-15(23-20)13-3-4-17-18(7-13)27-11-26-17/h1-5,7-8,12H,6,9-11H2,(H,22,24)/t12-/m1/s1. The van der Waals surface area contributed by atoms with Crippen LogP contribution in [-0.4, -0.2) is 35.8 Å². The van der Waals surface area contributed by atoms with Gasteiger partial charge in [0.1, 0.15) is 0 Å². The molecule has 0 radical (unpaired) electrons. The summed E-state index contributed by atoms with van der Waals surface area (Å²) < 4.78 is 16.8. The Morgan fingerprint density at radius 2 is 2.11 bits per heavy atom. The van der Waals surface area contributed by atoms with E-state index in [-0.39, 0.29) is 18.6 Å². The first-order valence-electron chi connectivity index (χ1n) is 8.81. The summed E-state index contributed by atoms with van der Waals surface area (Å²) >= 11 is 0. The third-order valence-electron chi connectivity index (χ3n) is 4.75. The fourth-order valence-electron chi connectivity index (χ4n) is 3.34. The van der Waals surface area contributed by atoms with Gasteiger partial charge in [0, 0.05) is 30.6 Å². The highest BCUT2D eigenvalue weighted by molar-refractivity contribution is 5.87. The number of nitrogens with one attached hydrogen (secondary N) is 1. The van der Waals surface area contributed by atoms with Gasteiger partial charge in [0.25, 0.3) is 0 Å². The lowest BCUT2D eigenvalue weighted by Gasteiger charge is -2.13. The van der Waals surface area contributed by atoms with Gasteiger partial charge in [-0.15, -0.1) is 0 Å². The van der Waals surface area contributed by atoms with Crippen molar-refractivity contribution < 1.29 is 19.0 Å². The Labute approximate surface area is 155 Å². The summed E-state index contributed by atoms with van der Waals surface area (Å²) in [4.78, 5) is 20.6. The van der Waals surface area contributed by atoms with Gasteiger partial charge in [-0.3, -0.25) is 9.78 Å². The maximum absolute atomic E-state index is 11.4. The molecule has 0 saturated carbocycles. The number of carbonyl (C=O) groups is 1. The second kappa shape index (κ2) is 6.42. The second-order valence-corrected chi connectivity index (χ2v) is 6.64. The van der Waals surface area contributed by atoms with Crippen molar-refractivity contribution in [1.82, 2.24) is 15.3 Å². The lowest BCUT2D eigenvalue weighted by atomic mass is 10.1. The number of benzene rings is 1. The average molecular weight is 363 g/mol. The van der Waals surface area contributed by atoms with Gasteiger partial charge in [0.15, 0.2) is 11.5 Å². The van der Waals surface area contributed by atoms with Crippen molar-refractivity contribution in [3.8, 4) is 28.6 Å². The quantitative estimate of drug-likeness (QED) is 0.767. The van der Waals surface area contributed by atoms with Crippen molar-refractivity contribution in [3.05, 3.63) is 42.6 Å². The van der Waals surface area contributed by atoms with Crippen molar-refractivity contribution in [2.75, 3.05) is 19.9 Å². The van der Waals surface area contributed by atoms with Crippen LogP contribution in [0.15, 0.2) is 42.6 Å². The number of fused-ring (bicyclic) bond motifs is 2. The zero-order valence-corrected chi connectivity index (χ0v) is 14.5. The molecule has 0 unspecified atom stereocenters. The third-order valence-corrected chi connectivity index (χ3v) is 4.75. The normalized spacial score (nSPS) is 17.9. The van der Waals surface area contributed by atoms with E-state index in [0.717, 1.165) is 27.9 Å². The number of pyridine rings is 2. The number of hydrogen-bond acceptors (Lipinski definition) is 6. The molecular weight excluding hydrogens is 346 g/mol. The number of rotatable bonds is 4. The molecule has 1 atom stereocenters. The van der Waals surface area contributed by atoms with Gasteiger partial charge >= 0.3 is 0 Å². The first-order valence-corrected chi connectivity index (χ1v) is 8.81. The predicted octanol–water partition coefficient (Wildman–Crippen LogP) is 2.54. The third kappa shape index (κ3) is 3.01. The fourth-order valence-corrected chi connectivity index (χ4v) is 3.34. The molecule has 136 valence electrons. The van der Waals surface area contributed by atoms with Crippen molar-refractivity contribution >= 4 is 16.8 Å². The van der Waals surface area contributed by atoms with E-state index in [1.807, 2.05) is 36.4 Å². The van der Waals surface area contributed by atoms with Crippen molar-refractivity contribution in [1.29, 1.82) is 0 Å². The molecule has 0 aliphatic carbocycles. The van der Waals surface area contributed by atoms with E-state index < -0.39 is 0 Å². The van der Waals surface area contributed by atoms with Crippen LogP contribution in [0.4, 0.5) is 0 Å². The summed E-state index contributed by atoms with van der Waals surface area (Å²) in [7, 11) is 0. The predicted molar refractivity (Wildman–Crippen MR) is 97.7 cm³/mol. The van der Waals surface area contributed by atoms with E-state index in [1.165, 1.54) is 0 Å². The Hall–Kier alpha value is -3.35. The van der Waals surface area contributed by atoms with Gasteiger partial charge in [-0.25, -0.2) is 4.98 Å². The zero-order chi connectivity index (χ0) is 18.2. The van der Waals surface area contributed by atoms with Crippen LogP contribution in [-0.2, 0) is 4.79 Å². The van der Waals surface area contributed by atoms with Crippen LogP contribution >= 0.6 is 0 Å². The Balaban J connectivity index is 1.51. The minimum absolute atomic E-state index is 0.0668. The Morgan fingerprint density at radius 1 is 1.19 bits per heavy atom. The summed E-state index contributed by atoms with van der Waals surface area (Å²) in [5.74, 6) is 2.17. The summed E-state index contributed by atoms with van der Waals surface area (Å²) in [5, 5.41) is 3.67. The van der Waals surface area contributed by atoms with Crippen molar-refractivity contribution in [3.63, 3.8) is 0 Å². The maximum Gasteiger partial charge on any atom is 0.231 e. The highest BCUT2D eigenvalue weighted by atomic mass is 16.7. The highest BCUT2D eigenvalue weighted by Gasteiger charge is 2.23. The van der Waals surface area contributed by atoms with Crippen LogP contribution in [0.2, 0.25) is 0 Å². The number of amides is 1. The Morgan fingerprint density at radius 3 is 3.00 bits per heavy atom. The molecule has 4 heterocycles. The van der Waals surface area contributed by atoms with Gasteiger partial charge in [-0.1, -0.05) is 0 Å². The van der Waals surface area contributed by atoms with Crippen molar-refractivity contribution in [2.24, 2.45) is 5.92 Å². The summed E-state index contributed by atoms with van der Waals surface area (Å²) in [6.45, 7) is 1.30. The first kappa shape index (κ1) is 15.9. The number of carbonyl (C=O) groups excluding carboxylic acids is 1. The van der Waals surface area contributed by atoms with Crippen LogP contribution in [0.5, 0.6) is 17.4 Å². The minimum atomic E-state index is 0.0668. The van der Waals surface area contributed by atoms with Crippen LogP contribution in [0.25, 0.3) is 22.2 Å². The molecule has 0 spiro atoms. The van der Waals surface area contributed by atoms with Gasteiger partial charge < -0.3 is 19.5 Å². The van der Waals surface area contributed by atoms with E-state index in [9.17, 15) is 4.79 Å². The largest absolute Gasteiger partial charge is 0.477 e. The van der Waals surface area contributed by atoms with Crippen LogP contribution < -0.4 is 19.5 Å². The monoisotopic (exact) mass is 363 g/mol. The summed E-state index contributed by atoms with van der Waals surface area (Å²) in [6, 6.07) is 11.4. The lowest BCUT2D eigenvalue weighted by Crippen LogP contribution is -2.17. The van der Waals surface area contributed by atoms with Gasteiger partial charge in [-0.05, 0) is 36.4 Å². The first-order chi connectivity index (χ1) is 13.3. The van der Waals surface area contributed by atoms with Crippen LogP contribution in [0.3, 0.4) is 0 Å². The molecule has 3 aromatic rings. The van der Waals surface area contributed by atoms with E-state index in [4.69, 9.17) is 19.2 Å². The number of nitrogens with zero attached hydrogens (tertiary/aromatic N) is 2. The molecule has 5 rings (SSSR count). The second-order valence-electron chi connectivity index (χ2n) is 6.64. The molecule has 7 nitrogen and oxygen atoms in total. The topological polar surface area (TPSA) is 82.6 Å². The van der Waals surface area contributed by atoms with Gasteiger partial charge in [-0.2, -0.15) is 0 Å². The molecule has 0 bridgehead atoms. The van der Waals surface area contributed by atoms with Crippen molar-refractivity contribution in [2.45, 2.75) is 6.42 Å². The highest BCUT2D eigenvalue weighted by Crippen LogP contribution is 2.37. The number of hydrogen-bond donors (Lipinski definition) is 1. The molecule has 1 amide bonds. The number of ether oxygens (including phenoxy) is 3. The van der Waals surface area contributed by atoms with E-state index in [2.05, 4.69) is 10.3 Å². The van der Waals surface area contributed by atoms with Crippen LogP contribution in [0.1, 0.15) is 6.42 Å². The van der Waals surface area contributed by atoms with E-state index in [1.54, 1.807) is 6.20 Å². The van der Waals surface area contributed by atoms with Gasteiger partial charge in [0.05, 0.1) is 23.2 Å². The average Bonchev–Trinajstić information content (AvgIpc) is 3.33. The molecule has 2 aromatic heterocycles. The fraction of sp³-hybridized carbons (Fsp3) is 0.250. The molecule has 7 heteroatoms.